The number of hydrogen-bond acceptors (Lipinski definition) is 4. The van der Waals surface area contributed by atoms with Crippen LogP contribution in [-0.4, -0.2) is 36.7 Å². The zero-order valence-electron chi connectivity index (χ0n) is 10.5. The molecule has 0 bridgehead atoms. The molecule has 1 amide bonds. The largest absolute Gasteiger partial charge is 0.467 e. The van der Waals surface area contributed by atoms with E-state index < -0.39 is 12.1 Å². The quantitative estimate of drug-likeness (QED) is 0.748. The number of methoxy groups -OCH3 is 1. The van der Waals surface area contributed by atoms with Crippen LogP contribution in [0, 0.1) is 0 Å². The second kappa shape index (κ2) is 6.76. The van der Waals surface area contributed by atoms with Gasteiger partial charge >= 0.3 is 5.97 Å². The lowest BCUT2D eigenvalue weighted by Crippen LogP contribution is -2.37. The molecule has 5 nitrogen and oxygen atoms in total. The van der Waals surface area contributed by atoms with E-state index in [1.807, 2.05) is 19.1 Å². The Morgan fingerprint density at radius 1 is 1.39 bits per heavy atom. The first-order valence-corrected chi connectivity index (χ1v) is 5.72. The Bertz CT molecular complexity index is 431. The fraction of sp³-hybridized carbons (Fsp3) is 0.385. The van der Waals surface area contributed by atoms with E-state index in [4.69, 9.17) is 0 Å². The number of aliphatic hydroxyl groups excluding tert-OH is 1. The summed E-state index contributed by atoms with van der Waals surface area (Å²) in [6, 6.07) is 7.20. The standard InChI is InChI=1S/C13H17NO4/c1-3-9-6-4-5-7-10(9)12(16)14-8-11(15)13(17)18-2/h4-7,11,15H,3,8H2,1-2H3,(H,14,16). The zero-order valence-corrected chi connectivity index (χ0v) is 10.5. The number of rotatable bonds is 5. The summed E-state index contributed by atoms with van der Waals surface area (Å²) in [4.78, 5) is 22.8. The monoisotopic (exact) mass is 251 g/mol. The van der Waals surface area contributed by atoms with Gasteiger partial charge in [-0.1, -0.05) is 25.1 Å². The van der Waals surface area contributed by atoms with Crippen LogP contribution >= 0.6 is 0 Å². The van der Waals surface area contributed by atoms with Crippen LogP contribution in [-0.2, 0) is 16.0 Å². The highest BCUT2D eigenvalue weighted by molar-refractivity contribution is 5.95. The van der Waals surface area contributed by atoms with E-state index >= 15 is 0 Å². The van der Waals surface area contributed by atoms with Gasteiger partial charge in [-0.05, 0) is 18.1 Å². The molecular weight excluding hydrogens is 234 g/mol. The summed E-state index contributed by atoms with van der Waals surface area (Å²) in [5, 5.41) is 11.8. The Morgan fingerprint density at radius 3 is 2.67 bits per heavy atom. The maximum atomic E-state index is 11.9. The van der Waals surface area contributed by atoms with Gasteiger partial charge in [-0.25, -0.2) is 4.79 Å². The molecule has 1 aromatic carbocycles. The molecule has 5 heteroatoms. The van der Waals surface area contributed by atoms with Crippen molar-refractivity contribution < 1.29 is 19.4 Å². The van der Waals surface area contributed by atoms with Crippen LogP contribution in [0.5, 0.6) is 0 Å². The first-order chi connectivity index (χ1) is 8.60. The highest BCUT2D eigenvalue weighted by atomic mass is 16.5. The second-order valence-electron chi connectivity index (χ2n) is 3.76. The first kappa shape index (κ1) is 14.2. The molecule has 98 valence electrons. The Hall–Kier alpha value is -1.88. The molecular formula is C13H17NO4. The van der Waals surface area contributed by atoms with Crippen molar-refractivity contribution in [2.24, 2.45) is 0 Å². The van der Waals surface area contributed by atoms with Crippen molar-refractivity contribution in [3.63, 3.8) is 0 Å². The van der Waals surface area contributed by atoms with Gasteiger partial charge in [-0.2, -0.15) is 0 Å². The third-order valence-electron chi connectivity index (χ3n) is 2.57. The molecule has 1 aromatic rings. The number of amides is 1. The average Bonchev–Trinajstić information content (AvgIpc) is 2.43. The number of benzene rings is 1. The van der Waals surface area contributed by atoms with Gasteiger partial charge in [0.15, 0.2) is 6.10 Å². The van der Waals surface area contributed by atoms with Gasteiger partial charge in [-0.3, -0.25) is 4.79 Å². The summed E-state index contributed by atoms with van der Waals surface area (Å²) in [5.74, 6) is -1.07. The minimum Gasteiger partial charge on any atom is -0.467 e. The number of aliphatic hydroxyl groups is 1. The molecule has 0 aromatic heterocycles. The molecule has 2 N–H and O–H groups in total. The van der Waals surface area contributed by atoms with Gasteiger partial charge in [0.1, 0.15) is 0 Å². The van der Waals surface area contributed by atoms with E-state index in [0.717, 1.165) is 12.0 Å². The molecule has 0 aliphatic carbocycles. The smallest absolute Gasteiger partial charge is 0.336 e. The van der Waals surface area contributed by atoms with Crippen molar-refractivity contribution in [3.05, 3.63) is 35.4 Å². The predicted molar refractivity (Wildman–Crippen MR) is 66.2 cm³/mol. The van der Waals surface area contributed by atoms with E-state index in [-0.39, 0.29) is 12.5 Å². The minimum absolute atomic E-state index is 0.163. The maximum Gasteiger partial charge on any atom is 0.336 e. The normalized spacial score (nSPS) is 11.7. The van der Waals surface area contributed by atoms with E-state index in [2.05, 4.69) is 10.1 Å². The van der Waals surface area contributed by atoms with Gasteiger partial charge in [-0.15, -0.1) is 0 Å². The van der Waals surface area contributed by atoms with Crippen molar-refractivity contribution >= 4 is 11.9 Å². The molecule has 0 radical (unpaired) electrons. The Labute approximate surface area is 106 Å². The molecule has 1 unspecified atom stereocenters. The Balaban J connectivity index is 2.63. The van der Waals surface area contributed by atoms with Gasteiger partial charge in [0.05, 0.1) is 13.7 Å². The molecule has 0 heterocycles. The predicted octanol–water partition coefficient (Wildman–Crippen LogP) is 0.513. The van der Waals surface area contributed by atoms with Gasteiger partial charge in [0.25, 0.3) is 5.91 Å². The van der Waals surface area contributed by atoms with Crippen molar-refractivity contribution in [1.82, 2.24) is 5.32 Å². The van der Waals surface area contributed by atoms with E-state index in [1.54, 1.807) is 12.1 Å². The van der Waals surface area contributed by atoms with Crippen LogP contribution in [0.25, 0.3) is 0 Å². The maximum absolute atomic E-state index is 11.9. The first-order valence-electron chi connectivity index (χ1n) is 5.72. The van der Waals surface area contributed by atoms with E-state index in [1.165, 1.54) is 7.11 Å². The third kappa shape index (κ3) is 3.56. The fourth-order valence-corrected chi connectivity index (χ4v) is 1.55. The van der Waals surface area contributed by atoms with Crippen LogP contribution in [0.1, 0.15) is 22.8 Å². The number of hydrogen-bond donors (Lipinski definition) is 2. The number of esters is 1. The zero-order chi connectivity index (χ0) is 13.5. The number of ether oxygens (including phenoxy) is 1. The SMILES string of the molecule is CCc1ccccc1C(=O)NCC(O)C(=O)OC. The summed E-state index contributed by atoms with van der Waals surface area (Å²) < 4.78 is 4.35. The van der Waals surface area contributed by atoms with Gasteiger partial charge in [0, 0.05) is 5.56 Å². The van der Waals surface area contributed by atoms with Crippen molar-refractivity contribution in [2.75, 3.05) is 13.7 Å². The van der Waals surface area contributed by atoms with Crippen LogP contribution in [0.15, 0.2) is 24.3 Å². The molecule has 0 fully saturated rings. The summed E-state index contributed by atoms with van der Waals surface area (Å²) in [6.45, 7) is 1.79. The lowest BCUT2D eigenvalue weighted by molar-refractivity contribution is -0.149. The molecule has 0 aliphatic heterocycles. The van der Waals surface area contributed by atoms with Crippen LogP contribution in [0.3, 0.4) is 0 Å². The van der Waals surface area contributed by atoms with Crippen molar-refractivity contribution in [3.8, 4) is 0 Å². The summed E-state index contributed by atoms with van der Waals surface area (Å²) in [6.07, 6.45) is -0.601. The Morgan fingerprint density at radius 2 is 2.06 bits per heavy atom. The van der Waals surface area contributed by atoms with Crippen LogP contribution in [0.2, 0.25) is 0 Å². The molecule has 1 atom stereocenters. The molecule has 0 aliphatic rings. The van der Waals surface area contributed by atoms with Crippen LogP contribution in [0.4, 0.5) is 0 Å². The van der Waals surface area contributed by atoms with Crippen molar-refractivity contribution in [2.45, 2.75) is 19.4 Å². The van der Waals surface area contributed by atoms with Crippen molar-refractivity contribution in [1.29, 1.82) is 0 Å². The molecule has 1 rings (SSSR count). The number of aryl methyl sites for hydroxylation is 1. The fourth-order valence-electron chi connectivity index (χ4n) is 1.55. The Kier molecular flexibility index (Phi) is 5.32. The minimum atomic E-state index is -1.34. The topological polar surface area (TPSA) is 75.6 Å². The second-order valence-corrected chi connectivity index (χ2v) is 3.76. The third-order valence-corrected chi connectivity index (χ3v) is 2.57. The summed E-state index contributed by atoms with van der Waals surface area (Å²) in [5.41, 5.74) is 1.47. The number of carbonyl (C=O) groups is 2. The van der Waals surface area contributed by atoms with E-state index in [9.17, 15) is 14.7 Å². The van der Waals surface area contributed by atoms with E-state index in [0.29, 0.717) is 5.56 Å². The average molecular weight is 251 g/mol. The number of nitrogens with one attached hydrogen (secondary N) is 1. The lowest BCUT2D eigenvalue weighted by atomic mass is 10.0. The van der Waals surface area contributed by atoms with Crippen LogP contribution < -0.4 is 5.32 Å². The summed E-state index contributed by atoms with van der Waals surface area (Å²) in [7, 11) is 1.18. The molecule has 0 saturated heterocycles. The number of carbonyl (C=O) groups excluding carboxylic acids is 2. The molecule has 18 heavy (non-hydrogen) atoms. The molecule has 0 saturated carbocycles. The highest BCUT2D eigenvalue weighted by Crippen LogP contribution is 2.09. The van der Waals surface area contributed by atoms with Gasteiger partial charge in [0.2, 0.25) is 0 Å². The highest BCUT2D eigenvalue weighted by Gasteiger charge is 2.17. The van der Waals surface area contributed by atoms with Gasteiger partial charge < -0.3 is 15.2 Å². The lowest BCUT2D eigenvalue weighted by Gasteiger charge is -2.11. The molecule has 0 spiro atoms. The summed E-state index contributed by atoms with van der Waals surface area (Å²) >= 11 is 0.